The number of nitrogens with zero attached hydrogens (tertiary/aromatic N) is 1. The SMILES string of the molecule is COc1ccc(C[C@H]2NC(=O)/C=C\C[C@@H]([C@H](C)[C@H]3O[C@@H]3c3ccc(COC(=O)Oc4ccc([N+](=O)[O-])cc4)cc3)OC(=O)[C@H](CC(C)(C)C)NC(=O)C(C)(C)[C@H](C)NC2=O)cc1Cl. The fourth-order valence-corrected chi connectivity index (χ4v) is 7.24. The molecule has 7 atom stereocenters. The first-order chi connectivity index (χ1) is 29.6. The largest absolute Gasteiger partial charge is 0.514 e. The van der Waals surface area contributed by atoms with Gasteiger partial charge in [-0.15, -0.1) is 0 Å². The van der Waals surface area contributed by atoms with Crippen LogP contribution >= 0.6 is 11.6 Å². The van der Waals surface area contributed by atoms with Crippen molar-refractivity contribution in [1.82, 2.24) is 16.0 Å². The molecule has 63 heavy (non-hydrogen) atoms. The molecule has 16 nitrogen and oxygen atoms in total. The van der Waals surface area contributed by atoms with Crippen molar-refractivity contribution in [3.63, 3.8) is 0 Å². The van der Waals surface area contributed by atoms with Crippen LogP contribution in [0, 0.1) is 26.9 Å². The number of halogens is 1. The summed E-state index contributed by atoms with van der Waals surface area (Å²) in [7, 11) is 1.49. The fourth-order valence-electron chi connectivity index (χ4n) is 6.96. The number of benzene rings is 3. The lowest BCUT2D eigenvalue weighted by molar-refractivity contribution is -0.384. The Kier molecular flexibility index (Phi) is 15.6. The highest BCUT2D eigenvalue weighted by atomic mass is 35.5. The van der Waals surface area contributed by atoms with Gasteiger partial charge >= 0.3 is 12.1 Å². The van der Waals surface area contributed by atoms with Crippen molar-refractivity contribution in [1.29, 1.82) is 0 Å². The standard InChI is InChI=1S/C46H55ClN4O12/c1-26(39-40(63-39)30-15-12-28(13-16-30)25-60-44(56)61-32-19-17-31(18-20-32)51(57)58)36-10-9-11-38(52)49-34(23-29-14-21-37(59-8)33(47)22-29)41(53)48-27(2)46(6,7)43(55)50-35(42(54)62-36)24-45(3,4)5/h9,11-22,26-27,34-36,39-40H,10,23-25H2,1-8H3,(H,48,53)(H,49,52)(H,50,55)/b11-9-/t26-,27-,34+,35-,36-,39+,40+/m0/s1. The molecule has 5 rings (SSSR count). The molecular weight excluding hydrogens is 836 g/mol. The number of carbonyl (C=O) groups excluding carboxylic acids is 5. The van der Waals surface area contributed by atoms with Gasteiger partial charge in [0.25, 0.3) is 5.69 Å². The Labute approximate surface area is 371 Å². The Morgan fingerprint density at radius 2 is 1.63 bits per heavy atom. The molecule has 2 aliphatic heterocycles. The molecule has 3 aromatic carbocycles. The summed E-state index contributed by atoms with van der Waals surface area (Å²) in [4.78, 5) is 77.9. The third-order valence-corrected chi connectivity index (χ3v) is 11.5. The van der Waals surface area contributed by atoms with Crippen LogP contribution in [0.3, 0.4) is 0 Å². The fraction of sp³-hybridized carbons (Fsp3) is 0.457. The Bertz CT molecular complexity index is 2190. The van der Waals surface area contributed by atoms with Crippen LogP contribution < -0.4 is 25.4 Å². The molecule has 2 aliphatic rings. The maximum atomic E-state index is 14.1. The Morgan fingerprint density at radius 1 is 0.968 bits per heavy atom. The molecule has 2 heterocycles. The van der Waals surface area contributed by atoms with Gasteiger partial charge in [-0.1, -0.05) is 75.7 Å². The summed E-state index contributed by atoms with van der Waals surface area (Å²) in [6.07, 6.45) is 0.842. The lowest BCUT2D eigenvalue weighted by atomic mass is 9.82. The summed E-state index contributed by atoms with van der Waals surface area (Å²) in [6.45, 7) is 12.7. The van der Waals surface area contributed by atoms with Gasteiger partial charge in [0.2, 0.25) is 17.7 Å². The van der Waals surface area contributed by atoms with Crippen LogP contribution in [0.2, 0.25) is 5.02 Å². The molecular formula is C46H55ClN4O12. The van der Waals surface area contributed by atoms with Gasteiger partial charge < -0.3 is 39.6 Å². The van der Waals surface area contributed by atoms with E-state index in [1.54, 1.807) is 57.2 Å². The average molecular weight is 891 g/mol. The number of hydrogen-bond donors (Lipinski definition) is 3. The second-order valence-corrected chi connectivity index (χ2v) is 18.0. The first-order valence-corrected chi connectivity index (χ1v) is 21.0. The first kappa shape index (κ1) is 48.0. The van der Waals surface area contributed by atoms with Gasteiger partial charge in [-0.2, -0.15) is 0 Å². The molecule has 0 saturated carbocycles. The van der Waals surface area contributed by atoms with Crippen molar-refractivity contribution in [2.75, 3.05) is 7.11 Å². The van der Waals surface area contributed by atoms with Crippen molar-refractivity contribution in [2.24, 2.45) is 16.7 Å². The summed E-state index contributed by atoms with van der Waals surface area (Å²) >= 11 is 6.38. The normalized spacial score (nSPS) is 24.1. The van der Waals surface area contributed by atoms with Crippen LogP contribution in [0.1, 0.15) is 84.1 Å². The number of nitrogens with one attached hydrogen (secondary N) is 3. The topological polar surface area (TPSA) is 214 Å². The van der Waals surface area contributed by atoms with Gasteiger partial charge in [0.1, 0.15) is 42.4 Å². The number of cyclic esters (lactones) is 1. The Morgan fingerprint density at radius 3 is 2.25 bits per heavy atom. The smallest absolute Gasteiger partial charge is 0.495 e. The Hall–Kier alpha value is -6.00. The minimum Gasteiger partial charge on any atom is -0.495 e. The number of amides is 3. The highest BCUT2D eigenvalue weighted by molar-refractivity contribution is 6.32. The highest BCUT2D eigenvalue weighted by Crippen LogP contribution is 2.45. The number of epoxide rings is 1. The van der Waals surface area contributed by atoms with Gasteiger partial charge in [0.15, 0.2) is 0 Å². The van der Waals surface area contributed by atoms with E-state index in [4.69, 9.17) is 35.3 Å². The predicted octanol–water partition coefficient (Wildman–Crippen LogP) is 7.10. The third-order valence-electron chi connectivity index (χ3n) is 11.2. The van der Waals surface area contributed by atoms with Crippen LogP contribution in [0.4, 0.5) is 10.5 Å². The number of hydrogen-bond acceptors (Lipinski definition) is 12. The van der Waals surface area contributed by atoms with Crippen molar-refractivity contribution in [3.05, 3.63) is 111 Å². The van der Waals surface area contributed by atoms with Crippen molar-refractivity contribution >= 4 is 47.1 Å². The third kappa shape index (κ3) is 13.3. The molecule has 0 aromatic heterocycles. The van der Waals surface area contributed by atoms with Crippen LogP contribution in [-0.2, 0) is 46.4 Å². The van der Waals surface area contributed by atoms with E-state index in [2.05, 4.69) is 16.0 Å². The number of carbonyl (C=O) groups is 5. The van der Waals surface area contributed by atoms with E-state index in [0.29, 0.717) is 21.9 Å². The summed E-state index contributed by atoms with van der Waals surface area (Å²) in [5.41, 5.74) is 0.414. The molecule has 3 aromatic rings. The summed E-state index contributed by atoms with van der Waals surface area (Å²) in [6, 6.07) is 14.5. The molecule has 1 saturated heterocycles. The molecule has 17 heteroatoms. The van der Waals surface area contributed by atoms with Crippen molar-refractivity contribution < 1.29 is 52.6 Å². The summed E-state index contributed by atoms with van der Waals surface area (Å²) in [5.74, 6) is -2.01. The maximum absolute atomic E-state index is 14.1. The van der Waals surface area contributed by atoms with Crippen LogP contribution in [0.15, 0.2) is 78.9 Å². The zero-order chi connectivity index (χ0) is 46.2. The lowest BCUT2D eigenvalue weighted by Crippen LogP contribution is -2.58. The first-order valence-electron chi connectivity index (χ1n) is 20.6. The molecule has 0 aliphatic carbocycles. The van der Waals surface area contributed by atoms with E-state index in [-0.39, 0.29) is 55.4 Å². The number of esters is 1. The number of nitro benzene ring substituents is 1. The summed E-state index contributed by atoms with van der Waals surface area (Å²) in [5, 5.41) is 19.8. The van der Waals surface area contributed by atoms with Crippen molar-refractivity contribution in [3.8, 4) is 11.5 Å². The number of rotatable bonds is 11. The second kappa shape index (κ2) is 20.5. The molecule has 338 valence electrons. The van der Waals surface area contributed by atoms with Crippen LogP contribution in [-0.4, -0.2) is 72.2 Å². The van der Waals surface area contributed by atoms with Gasteiger partial charge in [-0.25, -0.2) is 9.59 Å². The number of ether oxygens (including phenoxy) is 5. The second-order valence-electron chi connectivity index (χ2n) is 17.6. The number of methoxy groups -OCH3 is 1. The van der Waals surface area contributed by atoms with E-state index in [1.807, 2.05) is 39.8 Å². The summed E-state index contributed by atoms with van der Waals surface area (Å²) < 4.78 is 27.9. The number of non-ortho nitro benzene ring substituents is 1. The highest BCUT2D eigenvalue weighted by Gasteiger charge is 2.48. The molecule has 3 amide bonds. The minimum absolute atomic E-state index is 0.0879. The van der Waals surface area contributed by atoms with E-state index in [9.17, 15) is 34.1 Å². The van der Waals surface area contributed by atoms with Gasteiger partial charge in [-0.05, 0) is 79.6 Å². The monoisotopic (exact) mass is 890 g/mol. The molecule has 0 radical (unpaired) electrons. The Balaban J connectivity index is 1.32. The number of nitro groups is 1. The van der Waals surface area contributed by atoms with Crippen LogP contribution in [0.25, 0.3) is 0 Å². The van der Waals surface area contributed by atoms with Gasteiger partial charge in [0, 0.05) is 36.9 Å². The van der Waals surface area contributed by atoms with E-state index < -0.39 is 69.8 Å². The molecule has 0 unspecified atom stereocenters. The lowest BCUT2D eigenvalue weighted by Gasteiger charge is -2.35. The van der Waals surface area contributed by atoms with Crippen LogP contribution in [0.5, 0.6) is 11.5 Å². The molecule has 0 bridgehead atoms. The molecule has 3 N–H and O–H groups in total. The minimum atomic E-state index is -1.21. The zero-order valence-corrected chi connectivity index (χ0v) is 37.4. The van der Waals surface area contributed by atoms with Crippen molar-refractivity contribution in [2.45, 2.75) is 111 Å². The van der Waals surface area contributed by atoms with E-state index in [1.165, 1.54) is 37.5 Å². The van der Waals surface area contributed by atoms with Gasteiger partial charge in [-0.3, -0.25) is 24.5 Å². The van der Waals surface area contributed by atoms with E-state index in [0.717, 1.165) is 5.56 Å². The van der Waals surface area contributed by atoms with Gasteiger partial charge in [0.05, 0.1) is 28.6 Å². The predicted molar refractivity (Wildman–Crippen MR) is 232 cm³/mol. The van der Waals surface area contributed by atoms with E-state index >= 15 is 0 Å². The maximum Gasteiger partial charge on any atom is 0.514 e. The zero-order valence-electron chi connectivity index (χ0n) is 36.6. The quantitative estimate of drug-likeness (QED) is 0.0578. The average Bonchev–Trinajstić information content (AvgIpc) is 4.02. The molecule has 1 fully saturated rings. The molecule has 0 spiro atoms.